The summed E-state index contributed by atoms with van der Waals surface area (Å²) in [4.78, 5) is 12.0. The van der Waals surface area contributed by atoms with Gasteiger partial charge in [-0.1, -0.05) is 37.3 Å². The van der Waals surface area contributed by atoms with Gasteiger partial charge in [0, 0.05) is 24.7 Å². The minimum Gasteiger partial charge on any atom is -0.495 e. The standard InChI is InChI=1S/C17H25ClN2O2/c1-22-16-9-8-14(12-15(16)18)19-11-10-17(21)20-13-6-4-2-3-5-7-13/h8-9,12-13,19H,2-7,10-11H2,1H3,(H,20,21). The van der Waals surface area contributed by atoms with Gasteiger partial charge < -0.3 is 15.4 Å². The van der Waals surface area contributed by atoms with Crippen molar-refractivity contribution < 1.29 is 9.53 Å². The molecule has 0 aromatic heterocycles. The van der Waals surface area contributed by atoms with Crippen molar-refractivity contribution in [2.75, 3.05) is 19.0 Å². The molecule has 0 bridgehead atoms. The molecule has 0 atom stereocenters. The van der Waals surface area contributed by atoms with Crippen LogP contribution in [-0.2, 0) is 4.79 Å². The Kier molecular flexibility index (Phi) is 6.84. The normalized spacial score (nSPS) is 15.9. The molecule has 1 aromatic rings. The number of benzene rings is 1. The zero-order valence-electron chi connectivity index (χ0n) is 13.2. The number of carbonyl (C=O) groups excluding carboxylic acids is 1. The number of methoxy groups -OCH3 is 1. The second kappa shape index (κ2) is 8.89. The summed E-state index contributed by atoms with van der Waals surface area (Å²) in [6.45, 7) is 0.598. The molecule has 0 heterocycles. The van der Waals surface area contributed by atoms with E-state index in [1.807, 2.05) is 18.2 Å². The van der Waals surface area contributed by atoms with Gasteiger partial charge in [0.1, 0.15) is 5.75 Å². The quantitative estimate of drug-likeness (QED) is 0.778. The summed E-state index contributed by atoms with van der Waals surface area (Å²) in [6.07, 6.45) is 7.76. The molecule has 22 heavy (non-hydrogen) atoms. The predicted molar refractivity (Wildman–Crippen MR) is 90.7 cm³/mol. The maximum Gasteiger partial charge on any atom is 0.221 e. The lowest BCUT2D eigenvalue weighted by Gasteiger charge is -2.16. The van der Waals surface area contributed by atoms with E-state index < -0.39 is 0 Å². The highest BCUT2D eigenvalue weighted by Crippen LogP contribution is 2.27. The molecule has 2 rings (SSSR count). The molecule has 122 valence electrons. The van der Waals surface area contributed by atoms with Crippen LogP contribution in [-0.4, -0.2) is 25.6 Å². The lowest BCUT2D eigenvalue weighted by atomic mass is 10.1. The Balaban J connectivity index is 1.71. The first-order chi connectivity index (χ1) is 10.7. The number of halogens is 1. The Morgan fingerprint density at radius 1 is 1.27 bits per heavy atom. The van der Waals surface area contributed by atoms with Crippen molar-refractivity contribution in [1.82, 2.24) is 5.32 Å². The zero-order chi connectivity index (χ0) is 15.8. The second-order valence-electron chi connectivity index (χ2n) is 5.78. The maximum atomic E-state index is 12.0. The minimum absolute atomic E-state index is 0.124. The number of carbonyl (C=O) groups is 1. The van der Waals surface area contributed by atoms with E-state index in [4.69, 9.17) is 16.3 Å². The molecule has 2 N–H and O–H groups in total. The Labute approximate surface area is 137 Å². The minimum atomic E-state index is 0.124. The highest BCUT2D eigenvalue weighted by atomic mass is 35.5. The summed E-state index contributed by atoms with van der Waals surface area (Å²) in [5.41, 5.74) is 0.896. The van der Waals surface area contributed by atoms with Crippen molar-refractivity contribution >= 4 is 23.2 Å². The van der Waals surface area contributed by atoms with Gasteiger partial charge >= 0.3 is 0 Å². The van der Waals surface area contributed by atoms with Crippen LogP contribution in [0.15, 0.2) is 18.2 Å². The molecule has 0 saturated heterocycles. The molecule has 1 aliphatic carbocycles. The first kappa shape index (κ1) is 16.9. The van der Waals surface area contributed by atoms with Crippen molar-refractivity contribution in [3.63, 3.8) is 0 Å². The lowest BCUT2D eigenvalue weighted by Crippen LogP contribution is -2.35. The second-order valence-corrected chi connectivity index (χ2v) is 6.19. The first-order valence-electron chi connectivity index (χ1n) is 8.06. The SMILES string of the molecule is COc1ccc(NCCC(=O)NC2CCCCCC2)cc1Cl. The molecule has 1 amide bonds. The first-order valence-corrected chi connectivity index (χ1v) is 8.43. The van der Waals surface area contributed by atoms with E-state index in [0.717, 1.165) is 18.5 Å². The number of hydrogen-bond donors (Lipinski definition) is 2. The highest BCUT2D eigenvalue weighted by Gasteiger charge is 2.14. The third-order valence-corrected chi connectivity index (χ3v) is 4.35. The molecular formula is C17H25ClN2O2. The van der Waals surface area contributed by atoms with Crippen LogP contribution in [0.1, 0.15) is 44.9 Å². The summed E-state index contributed by atoms with van der Waals surface area (Å²) >= 11 is 6.07. The number of amides is 1. The molecule has 0 spiro atoms. The van der Waals surface area contributed by atoms with Crippen LogP contribution in [0.25, 0.3) is 0 Å². The Bertz CT molecular complexity index is 486. The topological polar surface area (TPSA) is 50.4 Å². The number of nitrogens with one attached hydrogen (secondary N) is 2. The van der Waals surface area contributed by atoms with E-state index in [0.29, 0.717) is 29.8 Å². The Hall–Kier alpha value is -1.42. The van der Waals surface area contributed by atoms with E-state index in [9.17, 15) is 4.79 Å². The van der Waals surface area contributed by atoms with Gasteiger partial charge in [-0.05, 0) is 31.0 Å². The van der Waals surface area contributed by atoms with Crippen LogP contribution in [0.2, 0.25) is 5.02 Å². The van der Waals surface area contributed by atoms with Crippen molar-refractivity contribution in [3.05, 3.63) is 23.2 Å². The molecule has 4 nitrogen and oxygen atoms in total. The third-order valence-electron chi connectivity index (χ3n) is 4.05. The van der Waals surface area contributed by atoms with E-state index in [2.05, 4.69) is 10.6 Å². The zero-order valence-corrected chi connectivity index (χ0v) is 13.9. The molecule has 0 aliphatic heterocycles. The fraction of sp³-hybridized carbons (Fsp3) is 0.588. The average molecular weight is 325 g/mol. The van der Waals surface area contributed by atoms with Gasteiger partial charge in [-0.25, -0.2) is 0 Å². The predicted octanol–water partition coefficient (Wildman–Crippen LogP) is 3.99. The summed E-state index contributed by atoms with van der Waals surface area (Å²) in [5.74, 6) is 0.775. The largest absolute Gasteiger partial charge is 0.495 e. The smallest absolute Gasteiger partial charge is 0.221 e. The highest BCUT2D eigenvalue weighted by molar-refractivity contribution is 6.32. The van der Waals surface area contributed by atoms with Crippen molar-refractivity contribution in [3.8, 4) is 5.75 Å². The van der Waals surface area contributed by atoms with E-state index in [1.54, 1.807) is 7.11 Å². The molecule has 1 aromatic carbocycles. The fourth-order valence-corrected chi connectivity index (χ4v) is 3.08. The molecule has 5 heteroatoms. The van der Waals surface area contributed by atoms with Crippen LogP contribution < -0.4 is 15.4 Å². The number of hydrogen-bond acceptors (Lipinski definition) is 3. The van der Waals surface area contributed by atoms with Gasteiger partial charge in [0.25, 0.3) is 0 Å². The van der Waals surface area contributed by atoms with Gasteiger partial charge in [0.15, 0.2) is 0 Å². The average Bonchev–Trinajstić information content (AvgIpc) is 2.76. The Morgan fingerprint density at radius 2 is 2.00 bits per heavy atom. The third kappa shape index (κ3) is 5.41. The number of rotatable bonds is 6. The Morgan fingerprint density at radius 3 is 2.64 bits per heavy atom. The summed E-state index contributed by atoms with van der Waals surface area (Å²) < 4.78 is 5.11. The summed E-state index contributed by atoms with van der Waals surface area (Å²) in [6, 6.07) is 5.89. The summed E-state index contributed by atoms with van der Waals surface area (Å²) in [7, 11) is 1.59. The molecule has 1 fully saturated rings. The van der Waals surface area contributed by atoms with E-state index in [-0.39, 0.29) is 5.91 Å². The lowest BCUT2D eigenvalue weighted by molar-refractivity contribution is -0.121. The monoisotopic (exact) mass is 324 g/mol. The number of ether oxygens (including phenoxy) is 1. The molecule has 0 unspecified atom stereocenters. The molecular weight excluding hydrogens is 300 g/mol. The van der Waals surface area contributed by atoms with Gasteiger partial charge in [0.2, 0.25) is 5.91 Å². The van der Waals surface area contributed by atoms with Crippen LogP contribution in [0.5, 0.6) is 5.75 Å². The van der Waals surface area contributed by atoms with Crippen molar-refractivity contribution in [2.24, 2.45) is 0 Å². The number of anilines is 1. The van der Waals surface area contributed by atoms with Crippen LogP contribution in [0.3, 0.4) is 0 Å². The van der Waals surface area contributed by atoms with Crippen LogP contribution in [0, 0.1) is 0 Å². The van der Waals surface area contributed by atoms with Gasteiger partial charge in [0.05, 0.1) is 12.1 Å². The maximum absolute atomic E-state index is 12.0. The fourth-order valence-electron chi connectivity index (χ4n) is 2.82. The molecule has 1 aliphatic rings. The van der Waals surface area contributed by atoms with Crippen molar-refractivity contribution in [1.29, 1.82) is 0 Å². The molecule has 0 radical (unpaired) electrons. The van der Waals surface area contributed by atoms with Crippen molar-refractivity contribution in [2.45, 2.75) is 51.0 Å². The van der Waals surface area contributed by atoms with Crippen LogP contribution >= 0.6 is 11.6 Å². The summed E-state index contributed by atoms with van der Waals surface area (Å²) in [5, 5.41) is 6.93. The molecule has 1 saturated carbocycles. The van der Waals surface area contributed by atoms with Gasteiger partial charge in [-0.3, -0.25) is 4.79 Å². The van der Waals surface area contributed by atoms with Crippen LogP contribution in [0.4, 0.5) is 5.69 Å². The van der Waals surface area contributed by atoms with Gasteiger partial charge in [-0.15, -0.1) is 0 Å². The van der Waals surface area contributed by atoms with E-state index in [1.165, 1.54) is 25.7 Å². The van der Waals surface area contributed by atoms with E-state index >= 15 is 0 Å². The van der Waals surface area contributed by atoms with Gasteiger partial charge in [-0.2, -0.15) is 0 Å².